The molecule has 0 bridgehead atoms. The van der Waals surface area contributed by atoms with Gasteiger partial charge >= 0.3 is 5.97 Å². The van der Waals surface area contributed by atoms with Gasteiger partial charge in [-0.25, -0.2) is 14.3 Å². The molecule has 0 saturated heterocycles. The number of esters is 1. The molecular weight excluding hydrogens is 333 g/mol. The molecule has 0 aromatic carbocycles. The van der Waals surface area contributed by atoms with E-state index in [0.717, 1.165) is 6.08 Å². The minimum Gasteiger partial charge on any atom is -0.462 e. The van der Waals surface area contributed by atoms with Gasteiger partial charge in [-0.3, -0.25) is 10.1 Å². The molecule has 3 rings (SSSR count). The maximum Gasteiger partial charge on any atom is 0.340 e. The van der Waals surface area contributed by atoms with Gasteiger partial charge in [0.15, 0.2) is 11.6 Å². The molecule has 0 unspecified atom stereocenters. The predicted molar refractivity (Wildman–Crippen MR) is 85.7 cm³/mol. The monoisotopic (exact) mass is 347 g/mol. The molecule has 0 radical (unpaired) electrons. The van der Waals surface area contributed by atoms with Crippen molar-refractivity contribution in [2.45, 2.75) is 19.8 Å². The highest BCUT2D eigenvalue weighted by atomic mass is 19.1. The number of hydrogen-bond acceptors (Lipinski definition) is 7. The largest absolute Gasteiger partial charge is 0.462 e. The second kappa shape index (κ2) is 6.30. The van der Waals surface area contributed by atoms with E-state index < -0.39 is 22.4 Å². The molecule has 2 aromatic rings. The lowest BCUT2D eigenvalue weighted by Gasteiger charge is -2.13. The van der Waals surface area contributed by atoms with Gasteiger partial charge in [-0.1, -0.05) is 0 Å². The maximum absolute atomic E-state index is 14.1. The number of fused-ring (bicyclic) bond motifs is 1. The van der Waals surface area contributed by atoms with Crippen molar-refractivity contribution in [3.8, 4) is 0 Å². The van der Waals surface area contributed by atoms with Gasteiger partial charge in [-0.05, 0) is 25.0 Å². The summed E-state index contributed by atoms with van der Waals surface area (Å²) < 4.78 is 20.5. The van der Waals surface area contributed by atoms with Crippen LogP contribution in [0.2, 0.25) is 0 Å². The molecule has 2 N–H and O–H groups in total. The standard InChI is InChI=1S/C15H14FN5O4/c1-2-25-15(22)9-6-20-13(14(17)18-7-19-20)12(9)8-3-4-11(21(23)24)10(16)5-8/h5-7H,2-4H2,1H3,(H2,17,18,19). The molecule has 0 amide bonds. The van der Waals surface area contributed by atoms with Crippen LogP contribution in [-0.4, -0.2) is 32.1 Å². The summed E-state index contributed by atoms with van der Waals surface area (Å²) in [5.41, 5.74) is 6.61. The summed E-state index contributed by atoms with van der Waals surface area (Å²) in [4.78, 5) is 26.3. The van der Waals surface area contributed by atoms with Gasteiger partial charge in [0.1, 0.15) is 11.8 Å². The van der Waals surface area contributed by atoms with Gasteiger partial charge in [-0.2, -0.15) is 9.49 Å². The number of ether oxygens (including phenoxy) is 1. The first-order valence-electron chi connectivity index (χ1n) is 7.47. The van der Waals surface area contributed by atoms with E-state index in [1.165, 1.54) is 17.0 Å². The average molecular weight is 347 g/mol. The number of anilines is 1. The molecule has 2 heterocycles. The van der Waals surface area contributed by atoms with Crippen molar-refractivity contribution >= 4 is 22.9 Å². The third-order valence-electron chi connectivity index (χ3n) is 3.85. The number of nitro groups is 1. The maximum atomic E-state index is 14.1. The Labute approximate surface area is 140 Å². The van der Waals surface area contributed by atoms with Crippen LogP contribution in [0.3, 0.4) is 0 Å². The fourth-order valence-electron chi connectivity index (χ4n) is 2.78. The Morgan fingerprint density at radius 3 is 2.92 bits per heavy atom. The number of rotatable bonds is 4. The smallest absolute Gasteiger partial charge is 0.340 e. The van der Waals surface area contributed by atoms with Crippen LogP contribution in [0.5, 0.6) is 0 Å². The molecular formula is C15H14FN5O4. The molecule has 25 heavy (non-hydrogen) atoms. The number of aromatic nitrogens is 3. The van der Waals surface area contributed by atoms with Gasteiger partial charge in [0.2, 0.25) is 0 Å². The summed E-state index contributed by atoms with van der Waals surface area (Å²) in [6.45, 7) is 1.82. The van der Waals surface area contributed by atoms with Gasteiger partial charge in [0.05, 0.1) is 17.1 Å². The van der Waals surface area contributed by atoms with Gasteiger partial charge in [0.25, 0.3) is 5.70 Å². The summed E-state index contributed by atoms with van der Waals surface area (Å²) in [5, 5.41) is 14.8. The molecule has 1 aliphatic rings. The van der Waals surface area contributed by atoms with Crippen LogP contribution in [0.25, 0.3) is 11.1 Å². The molecule has 9 nitrogen and oxygen atoms in total. The van der Waals surface area contributed by atoms with E-state index in [9.17, 15) is 19.3 Å². The molecule has 0 fully saturated rings. The minimum absolute atomic E-state index is 0.0993. The van der Waals surface area contributed by atoms with E-state index in [1.807, 2.05) is 0 Å². The number of carbonyl (C=O) groups is 1. The number of nitrogens with zero attached hydrogens (tertiary/aromatic N) is 4. The van der Waals surface area contributed by atoms with Gasteiger partial charge in [-0.15, -0.1) is 0 Å². The zero-order valence-corrected chi connectivity index (χ0v) is 13.2. The van der Waals surface area contributed by atoms with Crippen molar-refractivity contribution in [2.24, 2.45) is 0 Å². The Kier molecular flexibility index (Phi) is 4.17. The second-order valence-electron chi connectivity index (χ2n) is 5.30. The van der Waals surface area contributed by atoms with Crippen LogP contribution in [0, 0.1) is 10.1 Å². The predicted octanol–water partition coefficient (Wildman–Crippen LogP) is 2.12. The molecule has 0 aliphatic heterocycles. The molecule has 0 spiro atoms. The summed E-state index contributed by atoms with van der Waals surface area (Å²) in [5.74, 6) is -1.46. The Hall–Kier alpha value is -3.30. The highest BCUT2D eigenvalue weighted by molar-refractivity contribution is 6.02. The highest BCUT2D eigenvalue weighted by Gasteiger charge is 2.29. The third-order valence-corrected chi connectivity index (χ3v) is 3.85. The molecule has 10 heteroatoms. The Morgan fingerprint density at radius 1 is 1.52 bits per heavy atom. The molecule has 0 saturated carbocycles. The van der Waals surface area contributed by atoms with Gasteiger partial charge in [0, 0.05) is 18.2 Å². The minimum atomic E-state index is -0.948. The van der Waals surface area contributed by atoms with Crippen molar-refractivity contribution in [3.63, 3.8) is 0 Å². The van der Waals surface area contributed by atoms with Crippen LogP contribution < -0.4 is 5.73 Å². The van der Waals surface area contributed by atoms with Crippen molar-refractivity contribution in [1.82, 2.24) is 14.6 Å². The normalized spacial score (nSPS) is 14.6. The SMILES string of the molecule is CCOC(=O)c1cn2ncnc(N)c2c1C1=CC(F)=C([N+](=O)[O-])CC1. The number of nitrogens with two attached hydrogens (primary N) is 1. The van der Waals surface area contributed by atoms with E-state index in [4.69, 9.17) is 10.5 Å². The molecule has 0 atom stereocenters. The number of nitrogen functional groups attached to an aromatic ring is 1. The lowest BCUT2D eigenvalue weighted by Crippen LogP contribution is -2.09. The van der Waals surface area contributed by atoms with E-state index in [0.29, 0.717) is 16.7 Å². The summed E-state index contributed by atoms with van der Waals surface area (Å²) >= 11 is 0. The summed E-state index contributed by atoms with van der Waals surface area (Å²) in [6, 6.07) is 0. The third kappa shape index (κ3) is 2.82. The average Bonchev–Trinajstić information content (AvgIpc) is 2.95. The highest BCUT2D eigenvalue weighted by Crippen LogP contribution is 2.37. The Balaban J connectivity index is 2.24. The van der Waals surface area contributed by atoms with Crippen LogP contribution in [0.1, 0.15) is 35.7 Å². The zero-order chi connectivity index (χ0) is 18.1. The Bertz CT molecular complexity index is 947. The quantitative estimate of drug-likeness (QED) is 0.510. The number of halogens is 1. The van der Waals surface area contributed by atoms with Crippen LogP contribution >= 0.6 is 0 Å². The number of carbonyl (C=O) groups excluding carboxylic acids is 1. The van der Waals surface area contributed by atoms with Crippen LogP contribution in [0.4, 0.5) is 10.2 Å². The topological polar surface area (TPSA) is 126 Å². The molecule has 2 aromatic heterocycles. The molecule has 130 valence electrons. The first kappa shape index (κ1) is 16.6. The van der Waals surface area contributed by atoms with Crippen LogP contribution in [0.15, 0.2) is 30.1 Å². The summed E-state index contributed by atoms with van der Waals surface area (Å²) in [7, 11) is 0. The first-order valence-corrected chi connectivity index (χ1v) is 7.47. The lowest BCUT2D eigenvalue weighted by atomic mass is 9.93. The van der Waals surface area contributed by atoms with Gasteiger partial charge < -0.3 is 10.5 Å². The molecule has 1 aliphatic carbocycles. The fraction of sp³-hybridized carbons (Fsp3) is 0.267. The van der Waals surface area contributed by atoms with E-state index in [-0.39, 0.29) is 30.8 Å². The first-order chi connectivity index (χ1) is 11.9. The van der Waals surface area contributed by atoms with Crippen molar-refractivity contribution in [1.29, 1.82) is 0 Å². The fourth-order valence-corrected chi connectivity index (χ4v) is 2.78. The number of allylic oxidation sites excluding steroid dienone is 4. The Morgan fingerprint density at radius 2 is 2.28 bits per heavy atom. The number of hydrogen-bond donors (Lipinski definition) is 1. The zero-order valence-electron chi connectivity index (χ0n) is 13.2. The lowest BCUT2D eigenvalue weighted by molar-refractivity contribution is -0.430. The summed E-state index contributed by atoms with van der Waals surface area (Å²) in [6.07, 6.45) is 3.77. The van der Waals surface area contributed by atoms with Crippen molar-refractivity contribution in [2.75, 3.05) is 12.3 Å². The van der Waals surface area contributed by atoms with Crippen molar-refractivity contribution in [3.05, 3.63) is 51.4 Å². The van der Waals surface area contributed by atoms with E-state index in [1.54, 1.807) is 6.92 Å². The van der Waals surface area contributed by atoms with E-state index in [2.05, 4.69) is 10.1 Å². The van der Waals surface area contributed by atoms with Crippen molar-refractivity contribution < 1.29 is 18.8 Å². The van der Waals surface area contributed by atoms with Crippen LogP contribution in [-0.2, 0) is 4.74 Å². The van der Waals surface area contributed by atoms with E-state index >= 15 is 0 Å². The second-order valence-corrected chi connectivity index (χ2v) is 5.30.